The summed E-state index contributed by atoms with van der Waals surface area (Å²) in [5.41, 5.74) is 0. The molecule has 0 radical (unpaired) electrons. The van der Waals surface area contributed by atoms with Crippen molar-refractivity contribution in [2.45, 2.75) is 0 Å². The van der Waals surface area contributed by atoms with E-state index in [0.717, 1.165) is 0 Å². The number of hydrogen-bond acceptors (Lipinski definition) is 6. The molecule has 0 aromatic rings. The maximum Gasteiger partial charge on any atom is 0.195 e. The van der Waals surface area contributed by atoms with Crippen LogP contribution in [0, 0.1) is 45.8 Å². The second-order valence-electron chi connectivity index (χ2n) is 1.40. The highest BCUT2D eigenvalue weighted by Crippen LogP contribution is 1.86. The highest BCUT2D eigenvalue weighted by molar-refractivity contribution is 4.93. The SMILES string of the molecule is N#CN(C#N)CN(C#N)C#N. The third kappa shape index (κ3) is 2.56. The van der Waals surface area contributed by atoms with Gasteiger partial charge in [0.1, 0.15) is 6.67 Å². The van der Waals surface area contributed by atoms with Gasteiger partial charge in [-0.15, -0.1) is 0 Å². The molecule has 0 spiro atoms. The summed E-state index contributed by atoms with van der Waals surface area (Å²) < 4.78 is 0. The van der Waals surface area contributed by atoms with Crippen LogP contribution in [0.2, 0.25) is 0 Å². The van der Waals surface area contributed by atoms with E-state index < -0.39 is 0 Å². The average Bonchev–Trinajstić information content (AvgIpc) is 2.07. The lowest BCUT2D eigenvalue weighted by Gasteiger charge is -2.06. The Hall–Kier alpha value is -2.44. The third-order valence-corrected chi connectivity index (χ3v) is 0.766. The quantitative estimate of drug-likeness (QED) is 0.295. The van der Waals surface area contributed by atoms with Gasteiger partial charge in [-0.25, -0.2) is 0 Å². The Morgan fingerprint density at radius 1 is 0.727 bits per heavy atom. The van der Waals surface area contributed by atoms with E-state index in [4.69, 9.17) is 21.0 Å². The summed E-state index contributed by atoms with van der Waals surface area (Å²) >= 11 is 0. The largest absolute Gasteiger partial charge is 0.195 e. The van der Waals surface area contributed by atoms with Crippen LogP contribution in [0.25, 0.3) is 0 Å². The molecule has 0 aromatic heterocycles. The molecule has 0 rings (SSSR count). The van der Waals surface area contributed by atoms with Crippen LogP contribution in [0.4, 0.5) is 0 Å². The molecular formula is C5H2N6. The van der Waals surface area contributed by atoms with Crippen LogP contribution in [0.5, 0.6) is 0 Å². The van der Waals surface area contributed by atoms with E-state index in [1.54, 1.807) is 0 Å². The van der Waals surface area contributed by atoms with Gasteiger partial charge >= 0.3 is 0 Å². The van der Waals surface area contributed by atoms with Crippen molar-refractivity contribution in [1.29, 1.82) is 21.0 Å². The first-order chi connectivity index (χ1) is 5.28. The summed E-state index contributed by atoms with van der Waals surface area (Å²) in [5, 5.41) is 32.7. The minimum atomic E-state index is -0.319. The van der Waals surface area contributed by atoms with Crippen molar-refractivity contribution in [3.63, 3.8) is 0 Å². The summed E-state index contributed by atoms with van der Waals surface area (Å²) in [4.78, 5) is 1.21. The lowest BCUT2D eigenvalue weighted by atomic mass is 10.7. The van der Waals surface area contributed by atoms with Gasteiger partial charge in [0.25, 0.3) is 0 Å². The minimum absolute atomic E-state index is 0.319. The van der Waals surface area contributed by atoms with E-state index >= 15 is 0 Å². The highest BCUT2D eigenvalue weighted by Gasteiger charge is 2.04. The zero-order chi connectivity index (χ0) is 8.69. The van der Waals surface area contributed by atoms with Gasteiger partial charge in [0.15, 0.2) is 24.8 Å². The van der Waals surface area contributed by atoms with Crippen molar-refractivity contribution in [2.24, 2.45) is 0 Å². The summed E-state index contributed by atoms with van der Waals surface area (Å²) in [6, 6.07) is 0. The number of nitriles is 4. The molecule has 6 nitrogen and oxygen atoms in total. The van der Waals surface area contributed by atoms with Crippen molar-refractivity contribution in [2.75, 3.05) is 6.67 Å². The second-order valence-corrected chi connectivity index (χ2v) is 1.40. The Labute approximate surface area is 63.3 Å². The smallest absolute Gasteiger partial charge is 0.193 e. The fourth-order valence-electron chi connectivity index (χ4n) is 0.313. The van der Waals surface area contributed by atoms with Gasteiger partial charge in [0.05, 0.1) is 0 Å². The molecule has 0 aliphatic carbocycles. The fourth-order valence-corrected chi connectivity index (χ4v) is 0.313. The zero-order valence-corrected chi connectivity index (χ0v) is 5.39. The molecule has 0 N–H and O–H groups in total. The molecule has 0 saturated heterocycles. The summed E-state index contributed by atoms with van der Waals surface area (Å²) in [7, 11) is 0. The van der Waals surface area contributed by atoms with Crippen LogP contribution in [-0.2, 0) is 0 Å². The minimum Gasteiger partial charge on any atom is -0.193 e. The van der Waals surface area contributed by atoms with Gasteiger partial charge < -0.3 is 0 Å². The van der Waals surface area contributed by atoms with E-state index in [1.807, 2.05) is 0 Å². The van der Waals surface area contributed by atoms with Crippen LogP contribution in [0.15, 0.2) is 0 Å². The monoisotopic (exact) mass is 146 g/mol. The molecule has 0 amide bonds. The molecule has 6 heteroatoms. The van der Waals surface area contributed by atoms with Crippen LogP contribution < -0.4 is 0 Å². The normalized spacial score (nSPS) is 6.18. The van der Waals surface area contributed by atoms with Gasteiger partial charge in [-0.05, 0) is 0 Å². The standard InChI is InChI=1S/C5H2N6/c6-1-10(2-7)5-11(3-8)4-9/h5H2. The van der Waals surface area contributed by atoms with E-state index in [2.05, 4.69) is 0 Å². The molecule has 0 bridgehead atoms. The van der Waals surface area contributed by atoms with Crippen molar-refractivity contribution in [3.8, 4) is 24.8 Å². The maximum atomic E-state index is 8.17. The second kappa shape index (κ2) is 4.44. The van der Waals surface area contributed by atoms with Crippen molar-refractivity contribution >= 4 is 0 Å². The maximum absolute atomic E-state index is 8.17. The summed E-state index contributed by atoms with van der Waals surface area (Å²) in [5.74, 6) is 0. The first-order valence-corrected chi connectivity index (χ1v) is 2.42. The van der Waals surface area contributed by atoms with Gasteiger partial charge in [-0.1, -0.05) is 0 Å². The molecule has 0 atom stereocenters. The lowest BCUT2D eigenvalue weighted by Crippen LogP contribution is -2.25. The Bertz CT molecular complexity index is 222. The number of nitrogens with zero attached hydrogens (tertiary/aromatic N) is 6. The Morgan fingerprint density at radius 3 is 1.18 bits per heavy atom. The predicted octanol–water partition coefficient (Wildman–Crippen LogP) is -0.528. The van der Waals surface area contributed by atoms with Crippen molar-refractivity contribution in [1.82, 2.24) is 9.80 Å². The van der Waals surface area contributed by atoms with Crippen LogP contribution in [-0.4, -0.2) is 16.5 Å². The Kier molecular flexibility index (Phi) is 3.46. The molecule has 0 unspecified atom stereocenters. The van der Waals surface area contributed by atoms with E-state index in [9.17, 15) is 0 Å². The first-order valence-electron chi connectivity index (χ1n) is 2.42. The molecule has 0 heterocycles. The van der Waals surface area contributed by atoms with E-state index in [-0.39, 0.29) is 6.67 Å². The average molecular weight is 146 g/mol. The van der Waals surface area contributed by atoms with Crippen molar-refractivity contribution in [3.05, 3.63) is 0 Å². The van der Waals surface area contributed by atoms with Gasteiger partial charge in [0, 0.05) is 0 Å². The molecule has 0 aliphatic heterocycles. The van der Waals surface area contributed by atoms with Crippen molar-refractivity contribution < 1.29 is 0 Å². The van der Waals surface area contributed by atoms with Crippen LogP contribution >= 0.6 is 0 Å². The molecule has 11 heavy (non-hydrogen) atoms. The molecule has 0 fully saturated rings. The molecule has 52 valence electrons. The van der Waals surface area contributed by atoms with Gasteiger partial charge in [-0.3, -0.25) is 0 Å². The number of rotatable bonds is 2. The van der Waals surface area contributed by atoms with E-state index in [0.29, 0.717) is 9.80 Å². The van der Waals surface area contributed by atoms with Crippen LogP contribution in [0.3, 0.4) is 0 Å². The van der Waals surface area contributed by atoms with Gasteiger partial charge in [0.2, 0.25) is 0 Å². The topological polar surface area (TPSA) is 102 Å². The molecule has 0 saturated carbocycles. The number of hydrogen-bond donors (Lipinski definition) is 0. The van der Waals surface area contributed by atoms with Crippen LogP contribution in [0.1, 0.15) is 0 Å². The Balaban J connectivity index is 4.09. The Morgan fingerprint density at radius 2 is 1.00 bits per heavy atom. The first kappa shape index (κ1) is 8.56. The lowest BCUT2D eigenvalue weighted by molar-refractivity contribution is 0.383. The summed E-state index contributed by atoms with van der Waals surface area (Å²) in [6.45, 7) is -0.319. The van der Waals surface area contributed by atoms with E-state index in [1.165, 1.54) is 24.8 Å². The highest BCUT2D eigenvalue weighted by atomic mass is 15.3. The summed E-state index contributed by atoms with van der Waals surface area (Å²) in [6.07, 6.45) is 5.92. The zero-order valence-electron chi connectivity index (χ0n) is 5.39. The van der Waals surface area contributed by atoms with Gasteiger partial charge in [-0.2, -0.15) is 30.8 Å². The third-order valence-electron chi connectivity index (χ3n) is 0.766. The fraction of sp³-hybridized carbons (Fsp3) is 0.200. The molecule has 0 aromatic carbocycles. The predicted molar refractivity (Wildman–Crippen MR) is 31.0 cm³/mol. The molecular weight excluding hydrogens is 144 g/mol. The molecule has 0 aliphatic rings.